The Morgan fingerprint density at radius 1 is 1.08 bits per heavy atom. The lowest BCUT2D eigenvalue weighted by molar-refractivity contribution is 0.477. The van der Waals surface area contributed by atoms with E-state index in [2.05, 4.69) is 20.2 Å². The average Bonchev–Trinajstić information content (AvgIpc) is 3.22. The van der Waals surface area contributed by atoms with E-state index in [-0.39, 0.29) is 11.0 Å². The molecule has 0 bridgehead atoms. The van der Waals surface area contributed by atoms with E-state index >= 15 is 0 Å². The number of para-hydroxylation sites is 3. The molecule has 7 heteroatoms. The van der Waals surface area contributed by atoms with E-state index in [4.69, 9.17) is 4.42 Å². The Balaban J connectivity index is 1.56. The number of fused-ring (bicyclic) bond motifs is 1. The van der Waals surface area contributed by atoms with E-state index in [9.17, 15) is 5.11 Å². The highest BCUT2D eigenvalue weighted by atomic mass is 32.2. The number of thioether (sulfide) groups is 1. The summed E-state index contributed by atoms with van der Waals surface area (Å²) in [5.41, 5.74) is 2.22. The molecule has 0 aliphatic rings. The van der Waals surface area contributed by atoms with Gasteiger partial charge in [0, 0.05) is 0 Å². The zero-order valence-corrected chi connectivity index (χ0v) is 13.6. The molecule has 0 saturated carbocycles. The first-order valence-electron chi connectivity index (χ1n) is 7.43. The van der Waals surface area contributed by atoms with Crippen LogP contribution in [-0.4, -0.2) is 25.3 Å². The fourth-order valence-electron chi connectivity index (χ4n) is 2.37. The maximum atomic E-state index is 9.89. The molecule has 6 nitrogen and oxygen atoms in total. The normalized spacial score (nSPS) is 12.5. The number of nitrogens with zero attached hydrogens (tertiary/aromatic N) is 3. The van der Waals surface area contributed by atoms with Crippen molar-refractivity contribution in [2.24, 2.45) is 0 Å². The van der Waals surface area contributed by atoms with Crippen LogP contribution in [0.2, 0.25) is 0 Å². The van der Waals surface area contributed by atoms with Crippen molar-refractivity contribution in [3.63, 3.8) is 0 Å². The number of aromatic nitrogens is 4. The van der Waals surface area contributed by atoms with Crippen LogP contribution in [-0.2, 0) is 0 Å². The number of benzene rings is 2. The van der Waals surface area contributed by atoms with Crippen LogP contribution in [0.15, 0.2) is 58.1 Å². The number of H-pyrrole nitrogens is 1. The Bertz CT molecular complexity index is 962. The summed E-state index contributed by atoms with van der Waals surface area (Å²) in [5, 5.41) is 17.5. The second kappa shape index (κ2) is 6.01. The molecule has 0 unspecified atom stereocenters. The second-order valence-corrected chi connectivity index (χ2v) is 6.57. The molecule has 1 atom stereocenters. The number of hydrogen-bond donors (Lipinski definition) is 2. The highest BCUT2D eigenvalue weighted by Crippen LogP contribution is 2.35. The van der Waals surface area contributed by atoms with Gasteiger partial charge in [0.05, 0.1) is 10.8 Å². The molecule has 0 radical (unpaired) electrons. The first-order chi connectivity index (χ1) is 11.7. The first-order valence-corrected chi connectivity index (χ1v) is 8.31. The van der Waals surface area contributed by atoms with Gasteiger partial charge in [0.15, 0.2) is 11.4 Å². The van der Waals surface area contributed by atoms with Crippen LogP contribution in [0, 0.1) is 0 Å². The SMILES string of the molecule is C[C@H](Sc1n[nH]c(-c2ccccc2O)n1)c1nc2ccccc2o1. The molecule has 2 N–H and O–H groups in total. The van der Waals surface area contributed by atoms with Crippen molar-refractivity contribution in [1.29, 1.82) is 0 Å². The minimum absolute atomic E-state index is 0.0366. The zero-order chi connectivity index (χ0) is 16.5. The number of hydrogen-bond acceptors (Lipinski definition) is 6. The molecule has 0 aliphatic carbocycles. The highest BCUT2D eigenvalue weighted by Gasteiger charge is 2.18. The predicted octanol–water partition coefficient (Wildman–Crippen LogP) is 4.17. The summed E-state index contributed by atoms with van der Waals surface area (Å²) in [5.74, 6) is 1.33. The number of aromatic amines is 1. The van der Waals surface area contributed by atoms with Crippen molar-refractivity contribution in [1.82, 2.24) is 20.2 Å². The Labute approximate surface area is 142 Å². The third-order valence-corrected chi connectivity index (χ3v) is 4.51. The molecule has 0 saturated heterocycles. The van der Waals surface area contributed by atoms with Gasteiger partial charge < -0.3 is 9.52 Å². The largest absolute Gasteiger partial charge is 0.507 e. The summed E-state index contributed by atoms with van der Waals surface area (Å²) < 4.78 is 5.77. The number of phenolic OH excluding ortho intramolecular Hbond substituents is 1. The van der Waals surface area contributed by atoms with Gasteiger partial charge in [-0.25, -0.2) is 9.97 Å². The first kappa shape index (κ1) is 14.8. The predicted molar refractivity (Wildman–Crippen MR) is 91.8 cm³/mol. The van der Waals surface area contributed by atoms with Gasteiger partial charge in [-0.3, -0.25) is 5.10 Å². The molecule has 2 heterocycles. The lowest BCUT2D eigenvalue weighted by Gasteiger charge is -2.02. The van der Waals surface area contributed by atoms with Crippen molar-refractivity contribution in [3.05, 3.63) is 54.4 Å². The summed E-state index contributed by atoms with van der Waals surface area (Å²) in [6.07, 6.45) is 0. The summed E-state index contributed by atoms with van der Waals surface area (Å²) in [6, 6.07) is 14.7. The van der Waals surface area contributed by atoms with Gasteiger partial charge in [0.1, 0.15) is 11.3 Å². The number of aromatic hydroxyl groups is 1. The zero-order valence-electron chi connectivity index (χ0n) is 12.8. The van der Waals surface area contributed by atoms with Gasteiger partial charge in [0.25, 0.3) is 0 Å². The minimum Gasteiger partial charge on any atom is -0.507 e. The molecule has 4 aromatic rings. The maximum absolute atomic E-state index is 9.89. The second-order valence-electron chi connectivity index (χ2n) is 5.26. The number of oxazole rings is 1. The quantitative estimate of drug-likeness (QED) is 0.543. The molecule has 0 aliphatic heterocycles. The van der Waals surface area contributed by atoms with Crippen LogP contribution < -0.4 is 0 Å². The molecule has 2 aromatic heterocycles. The molecule has 4 rings (SSSR count). The van der Waals surface area contributed by atoms with Crippen LogP contribution in [0.1, 0.15) is 18.1 Å². The molecule has 0 fully saturated rings. The smallest absolute Gasteiger partial charge is 0.209 e. The van der Waals surface area contributed by atoms with Gasteiger partial charge >= 0.3 is 0 Å². The molecule has 0 amide bonds. The highest BCUT2D eigenvalue weighted by molar-refractivity contribution is 7.99. The molecular weight excluding hydrogens is 324 g/mol. The van der Waals surface area contributed by atoms with Crippen LogP contribution in [0.3, 0.4) is 0 Å². The molecule has 2 aromatic carbocycles. The van der Waals surface area contributed by atoms with Crippen LogP contribution in [0.5, 0.6) is 5.75 Å². The van der Waals surface area contributed by atoms with Crippen LogP contribution >= 0.6 is 11.8 Å². The molecule has 0 spiro atoms. The minimum atomic E-state index is -0.0366. The lowest BCUT2D eigenvalue weighted by Crippen LogP contribution is -1.89. The fraction of sp³-hybridized carbons (Fsp3) is 0.118. The lowest BCUT2D eigenvalue weighted by atomic mass is 10.2. The molecule has 24 heavy (non-hydrogen) atoms. The monoisotopic (exact) mass is 338 g/mol. The Morgan fingerprint density at radius 2 is 1.88 bits per heavy atom. The van der Waals surface area contributed by atoms with Crippen molar-refractivity contribution < 1.29 is 9.52 Å². The number of phenols is 1. The third-order valence-electron chi connectivity index (χ3n) is 3.56. The van der Waals surface area contributed by atoms with E-state index < -0.39 is 0 Å². The van der Waals surface area contributed by atoms with Gasteiger partial charge in [0.2, 0.25) is 11.0 Å². The van der Waals surface area contributed by atoms with E-state index in [0.29, 0.717) is 22.4 Å². The van der Waals surface area contributed by atoms with E-state index in [1.807, 2.05) is 37.3 Å². The maximum Gasteiger partial charge on any atom is 0.209 e. The fourth-order valence-corrected chi connectivity index (χ4v) is 3.13. The van der Waals surface area contributed by atoms with Crippen LogP contribution in [0.25, 0.3) is 22.5 Å². The number of nitrogens with one attached hydrogen (secondary N) is 1. The molecular formula is C17H14N4O2S. The summed E-state index contributed by atoms with van der Waals surface area (Å²) in [7, 11) is 0. The van der Waals surface area contributed by atoms with E-state index in [1.54, 1.807) is 18.2 Å². The standard InChI is InChI=1S/C17H14N4O2S/c1-10(16-18-12-7-3-5-9-14(12)23-16)24-17-19-15(20-21-17)11-6-2-4-8-13(11)22/h2-10,22H,1H3,(H,19,20,21)/t10-/m0/s1. The van der Waals surface area contributed by atoms with Crippen molar-refractivity contribution in [3.8, 4) is 17.1 Å². The van der Waals surface area contributed by atoms with Gasteiger partial charge in [-0.05, 0) is 31.2 Å². The van der Waals surface area contributed by atoms with Crippen molar-refractivity contribution in [2.45, 2.75) is 17.3 Å². The van der Waals surface area contributed by atoms with Gasteiger partial charge in [-0.15, -0.1) is 5.10 Å². The summed E-state index contributed by atoms with van der Waals surface area (Å²) >= 11 is 1.44. The van der Waals surface area contributed by atoms with Crippen molar-refractivity contribution >= 4 is 22.9 Å². The van der Waals surface area contributed by atoms with E-state index in [1.165, 1.54) is 11.8 Å². The van der Waals surface area contributed by atoms with Gasteiger partial charge in [-0.1, -0.05) is 36.0 Å². The summed E-state index contributed by atoms with van der Waals surface area (Å²) in [4.78, 5) is 8.92. The molecule has 120 valence electrons. The number of rotatable bonds is 4. The average molecular weight is 338 g/mol. The van der Waals surface area contributed by atoms with Crippen LogP contribution in [0.4, 0.5) is 0 Å². The summed E-state index contributed by atoms with van der Waals surface area (Å²) in [6.45, 7) is 1.99. The van der Waals surface area contributed by atoms with Gasteiger partial charge in [-0.2, -0.15) is 0 Å². The topological polar surface area (TPSA) is 87.8 Å². The Morgan fingerprint density at radius 3 is 2.71 bits per heavy atom. The van der Waals surface area contributed by atoms with E-state index in [0.717, 1.165) is 11.1 Å². The van der Waals surface area contributed by atoms with Crippen molar-refractivity contribution in [2.75, 3.05) is 0 Å². The third kappa shape index (κ3) is 2.74. The Hall–Kier alpha value is -2.80. The Kier molecular flexibility index (Phi) is 3.70.